The predicted molar refractivity (Wildman–Crippen MR) is 67.1 cm³/mol. The summed E-state index contributed by atoms with van der Waals surface area (Å²) in [5.74, 6) is -3.38. The van der Waals surface area contributed by atoms with Gasteiger partial charge in [-0.25, -0.2) is 13.6 Å². The monoisotopic (exact) mass is 273 g/mol. The molecule has 4 nitrogen and oxygen atoms in total. The first-order chi connectivity index (χ1) is 8.88. The van der Waals surface area contributed by atoms with Crippen LogP contribution in [0.5, 0.6) is 0 Å². The van der Waals surface area contributed by atoms with Crippen molar-refractivity contribution in [2.45, 2.75) is 25.8 Å². The van der Waals surface area contributed by atoms with E-state index in [-0.39, 0.29) is 12.3 Å². The van der Waals surface area contributed by atoms with Gasteiger partial charge in [0.1, 0.15) is 0 Å². The van der Waals surface area contributed by atoms with Gasteiger partial charge < -0.3 is 15.2 Å². The molecular weight excluding hydrogens is 256 g/mol. The van der Waals surface area contributed by atoms with Crippen LogP contribution in [-0.4, -0.2) is 30.3 Å². The molecule has 0 fully saturated rings. The third kappa shape index (κ3) is 3.20. The number of hydrogen-bond acceptors (Lipinski definition) is 4. The molecule has 2 N–H and O–H groups in total. The second-order valence-electron chi connectivity index (χ2n) is 4.48. The SMILES string of the molecule is CCC(C)(CO)Nc1ccc(C(=O)OC)c(F)c1F. The molecule has 0 radical (unpaired) electrons. The number of benzene rings is 1. The summed E-state index contributed by atoms with van der Waals surface area (Å²) >= 11 is 0. The van der Waals surface area contributed by atoms with Gasteiger partial charge in [0.2, 0.25) is 0 Å². The van der Waals surface area contributed by atoms with Crippen LogP contribution in [0.15, 0.2) is 12.1 Å². The van der Waals surface area contributed by atoms with Crippen LogP contribution in [0.4, 0.5) is 14.5 Å². The highest BCUT2D eigenvalue weighted by atomic mass is 19.2. The molecule has 0 saturated heterocycles. The quantitative estimate of drug-likeness (QED) is 0.808. The maximum absolute atomic E-state index is 13.8. The van der Waals surface area contributed by atoms with E-state index in [0.29, 0.717) is 6.42 Å². The molecule has 0 saturated carbocycles. The van der Waals surface area contributed by atoms with Crippen LogP contribution < -0.4 is 5.32 Å². The summed E-state index contributed by atoms with van der Waals surface area (Å²) in [6.45, 7) is 3.25. The van der Waals surface area contributed by atoms with Gasteiger partial charge in [0.25, 0.3) is 0 Å². The van der Waals surface area contributed by atoms with E-state index in [1.807, 2.05) is 0 Å². The number of aliphatic hydroxyl groups excluding tert-OH is 1. The zero-order chi connectivity index (χ0) is 14.6. The van der Waals surface area contributed by atoms with Gasteiger partial charge in [-0.3, -0.25) is 0 Å². The first kappa shape index (κ1) is 15.4. The Morgan fingerprint density at radius 1 is 1.42 bits per heavy atom. The van der Waals surface area contributed by atoms with Crippen LogP contribution in [0.25, 0.3) is 0 Å². The van der Waals surface area contributed by atoms with Gasteiger partial charge in [-0.2, -0.15) is 0 Å². The zero-order valence-corrected chi connectivity index (χ0v) is 11.1. The summed E-state index contributed by atoms with van der Waals surface area (Å²) in [6.07, 6.45) is 0.517. The molecule has 106 valence electrons. The highest BCUT2D eigenvalue weighted by Gasteiger charge is 2.25. The smallest absolute Gasteiger partial charge is 0.340 e. The van der Waals surface area contributed by atoms with Gasteiger partial charge in [-0.1, -0.05) is 6.92 Å². The molecule has 19 heavy (non-hydrogen) atoms. The number of nitrogens with one attached hydrogen (secondary N) is 1. The first-order valence-electron chi connectivity index (χ1n) is 5.84. The summed E-state index contributed by atoms with van der Waals surface area (Å²) in [4.78, 5) is 11.2. The second kappa shape index (κ2) is 5.97. The molecule has 0 aliphatic carbocycles. The third-order valence-electron chi connectivity index (χ3n) is 3.05. The summed E-state index contributed by atoms with van der Waals surface area (Å²) in [5, 5.41) is 12.0. The molecular formula is C13H17F2NO3. The number of esters is 1. The van der Waals surface area contributed by atoms with Crippen molar-refractivity contribution in [3.05, 3.63) is 29.3 Å². The predicted octanol–water partition coefficient (Wildman–Crippen LogP) is 2.32. The van der Waals surface area contributed by atoms with E-state index in [1.54, 1.807) is 13.8 Å². The van der Waals surface area contributed by atoms with E-state index < -0.39 is 28.7 Å². The van der Waals surface area contributed by atoms with Crippen LogP contribution >= 0.6 is 0 Å². The van der Waals surface area contributed by atoms with E-state index in [0.717, 1.165) is 13.2 Å². The molecule has 1 aromatic rings. The molecule has 1 atom stereocenters. The number of carbonyl (C=O) groups excluding carboxylic acids is 1. The average Bonchev–Trinajstić information content (AvgIpc) is 2.43. The Hall–Kier alpha value is -1.69. The van der Waals surface area contributed by atoms with E-state index in [1.165, 1.54) is 6.07 Å². The minimum Gasteiger partial charge on any atom is -0.465 e. The molecule has 0 aromatic heterocycles. The summed E-state index contributed by atoms with van der Waals surface area (Å²) in [6, 6.07) is 2.38. The minimum atomic E-state index is -1.27. The lowest BCUT2D eigenvalue weighted by Gasteiger charge is -2.28. The Balaban J connectivity index is 3.13. The number of methoxy groups -OCH3 is 1. The Morgan fingerprint density at radius 3 is 2.53 bits per heavy atom. The van der Waals surface area contributed by atoms with E-state index in [2.05, 4.69) is 10.1 Å². The zero-order valence-electron chi connectivity index (χ0n) is 11.1. The van der Waals surface area contributed by atoms with Crippen LogP contribution in [0.2, 0.25) is 0 Å². The van der Waals surface area contributed by atoms with E-state index in [9.17, 15) is 18.7 Å². The Kier molecular flexibility index (Phi) is 4.83. The standard InChI is InChI=1S/C13H17F2NO3/c1-4-13(2,7-17)16-9-6-5-8(12(18)19-3)10(14)11(9)15/h5-6,16-17H,4,7H2,1-3H3. The van der Waals surface area contributed by atoms with Gasteiger partial charge in [0.15, 0.2) is 11.6 Å². The summed E-state index contributed by atoms with van der Waals surface area (Å²) in [5.41, 5.74) is -1.34. The molecule has 0 bridgehead atoms. The van der Waals surface area contributed by atoms with Gasteiger partial charge in [-0.05, 0) is 25.5 Å². The molecule has 1 aromatic carbocycles. The highest BCUT2D eigenvalue weighted by Crippen LogP contribution is 2.25. The topological polar surface area (TPSA) is 58.6 Å². The van der Waals surface area contributed by atoms with E-state index in [4.69, 9.17) is 0 Å². The van der Waals surface area contributed by atoms with Gasteiger partial charge in [-0.15, -0.1) is 0 Å². The van der Waals surface area contributed by atoms with Crippen molar-refractivity contribution < 1.29 is 23.4 Å². The number of ether oxygens (including phenoxy) is 1. The molecule has 0 aliphatic rings. The van der Waals surface area contributed by atoms with Crippen molar-refractivity contribution >= 4 is 11.7 Å². The lowest BCUT2D eigenvalue weighted by atomic mass is 9.99. The fourth-order valence-electron chi connectivity index (χ4n) is 1.48. The number of hydrogen-bond donors (Lipinski definition) is 2. The van der Waals surface area contributed by atoms with Crippen molar-refractivity contribution in [1.29, 1.82) is 0 Å². The summed E-state index contributed by atoms with van der Waals surface area (Å²) < 4.78 is 31.9. The fraction of sp³-hybridized carbons (Fsp3) is 0.462. The van der Waals surface area contributed by atoms with Crippen molar-refractivity contribution in [1.82, 2.24) is 0 Å². The van der Waals surface area contributed by atoms with Crippen molar-refractivity contribution in [3.8, 4) is 0 Å². The Bertz CT molecular complexity index is 473. The van der Waals surface area contributed by atoms with Gasteiger partial charge in [0, 0.05) is 0 Å². The molecule has 6 heteroatoms. The third-order valence-corrected chi connectivity index (χ3v) is 3.05. The van der Waals surface area contributed by atoms with Crippen molar-refractivity contribution in [3.63, 3.8) is 0 Å². The Morgan fingerprint density at radius 2 is 2.05 bits per heavy atom. The molecule has 0 heterocycles. The Labute approximate surface area is 110 Å². The van der Waals surface area contributed by atoms with Crippen LogP contribution in [-0.2, 0) is 4.74 Å². The highest BCUT2D eigenvalue weighted by molar-refractivity contribution is 5.90. The summed E-state index contributed by atoms with van der Waals surface area (Å²) in [7, 11) is 1.09. The van der Waals surface area contributed by atoms with Gasteiger partial charge in [0.05, 0.1) is 30.5 Å². The normalized spacial score (nSPS) is 13.8. The number of anilines is 1. The number of aliphatic hydroxyl groups is 1. The minimum absolute atomic E-state index is 0.108. The molecule has 1 unspecified atom stereocenters. The lowest BCUT2D eigenvalue weighted by molar-refractivity contribution is 0.0594. The average molecular weight is 273 g/mol. The number of rotatable bonds is 5. The van der Waals surface area contributed by atoms with Crippen LogP contribution in [0, 0.1) is 11.6 Å². The second-order valence-corrected chi connectivity index (χ2v) is 4.48. The lowest BCUT2D eigenvalue weighted by Crippen LogP contribution is -2.38. The fourth-order valence-corrected chi connectivity index (χ4v) is 1.48. The largest absolute Gasteiger partial charge is 0.465 e. The first-order valence-corrected chi connectivity index (χ1v) is 5.84. The van der Waals surface area contributed by atoms with Gasteiger partial charge >= 0.3 is 5.97 Å². The van der Waals surface area contributed by atoms with Crippen LogP contribution in [0.1, 0.15) is 30.6 Å². The maximum Gasteiger partial charge on any atom is 0.340 e. The molecule has 1 rings (SSSR count). The maximum atomic E-state index is 13.8. The van der Waals surface area contributed by atoms with Crippen LogP contribution in [0.3, 0.4) is 0 Å². The number of carbonyl (C=O) groups is 1. The van der Waals surface area contributed by atoms with Crippen molar-refractivity contribution in [2.75, 3.05) is 19.0 Å². The number of halogens is 2. The molecule has 0 aliphatic heterocycles. The molecule has 0 spiro atoms. The van der Waals surface area contributed by atoms with E-state index >= 15 is 0 Å². The van der Waals surface area contributed by atoms with Crippen molar-refractivity contribution in [2.24, 2.45) is 0 Å². The molecule has 0 amide bonds.